The van der Waals surface area contributed by atoms with Crippen molar-refractivity contribution in [2.75, 3.05) is 38.2 Å². The lowest BCUT2D eigenvalue weighted by Gasteiger charge is -2.27. The van der Waals surface area contributed by atoms with Gasteiger partial charge >= 0.3 is 6.03 Å². The molecule has 2 saturated heterocycles. The lowest BCUT2D eigenvalue weighted by molar-refractivity contribution is 0.191. The predicted octanol–water partition coefficient (Wildman–Crippen LogP) is 4.38. The molecule has 5 nitrogen and oxygen atoms in total. The van der Waals surface area contributed by atoms with E-state index >= 15 is 0 Å². The van der Waals surface area contributed by atoms with Crippen LogP contribution in [0.15, 0.2) is 48.5 Å². The average molecular weight is 394 g/mol. The molecular weight excluding hydrogens is 362 g/mol. The quantitative estimate of drug-likeness (QED) is 0.820. The third-order valence-electron chi connectivity index (χ3n) is 6.31. The summed E-state index contributed by atoms with van der Waals surface area (Å²) in [5.74, 6) is 1.36. The van der Waals surface area contributed by atoms with Crippen LogP contribution in [0.3, 0.4) is 0 Å². The Morgan fingerprint density at radius 1 is 1.14 bits per heavy atom. The molecule has 154 valence electrons. The van der Waals surface area contributed by atoms with E-state index in [1.54, 1.807) is 7.11 Å². The van der Waals surface area contributed by atoms with E-state index in [1.807, 2.05) is 17.0 Å². The van der Waals surface area contributed by atoms with Crippen LogP contribution in [0.2, 0.25) is 0 Å². The van der Waals surface area contributed by atoms with E-state index in [1.165, 1.54) is 16.8 Å². The molecule has 0 aromatic heterocycles. The van der Waals surface area contributed by atoms with Gasteiger partial charge in [-0.1, -0.05) is 30.3 Å². The number of urea groups is 1. The Hall–Kier alpha value is -2.69. The van der Waals surface area contributed by atoms with Crippen molar-refractivity contribution < 1.29 is 9.53 Å². The molecule has 2 aromatic carbocycles. The van der Waals surface area contributed by atoms with Crippen molar-refractivity contribution in [3.63, 3.8) is 0 Å². The summed E-state index contributed by atoms with van der Waals surface area (Å²) in [5, 5.41) is 3.22. The topological polar surface area (TPSA) is 44.8 Å². The fraction of sp³-hybridized carbons (Fsp3) is 0.458. The van der Waals surface area contributed by atoms with Gasteiger partial charge in [0.2, 0.25) is 0 Å². The molecule has 29 heavy (non-hydrogen) atoms. The molecule has 0 radical (unpaired) electrons. The monoisotopic (exact) mass is 393 g/mol. The van der Waals surface area contributed by atoms with Crippen LogP contribution in [0.25, 0.3) is 0 Å². The van der Waals surface area contributed by atoms with Crippen molar-refractivity contribution >= 4 is 11.7 Å². The van der Waals surface area contributed by atoms with Crippen LogP contribution in [-0.4, -0.2) is 44.2 Å². The second kappa shape index (κ2) is 8.76. The zero-order valence-electron chi connectivity index (χ0n) is 17.4. The van der Waals surface area contributed by atoms with Crippen LogP contribution in [0.1, 0.15) is 36.4 Å². The molecule has 0 bridgehead atoms. The van der Waals surface area contributed by atoms with Crippen molar-refractivity contribution in [2.45, 2.75) is 32.2 Å². The fourth-order valence-corrected chi connectivity index (χ4v) is 4.67. The Balaban J connectivity index is 1.32. The number of ether oxygens (including phenoxy) is 1. The highest BCUT2D eigenvalue weighted by Crippen LogP contribution is 2.33. The van der Waals surface area contributed by atoms with Gasteiger partial charge in [-0.2, -0.15) is 0 Å². The molecule has 4 rings (SSSR count). The van der Waals surface area contributed by atoms with Crippen molar-refractivity contribution in [1.29, 1.82) is 0 Å². The Kier molecular flexibility index (Phi) is 5.93. The third kappa shape index (κ3) is 4.34. The molecule has 2 heterocycles. The standard InChI is InChI=1S/C24H31N3O2/c1-18-7-3-4-10-22(18)23-11-6-13-27(23)24(28)25-16-19-12-14-26(17-19)20-8-5-9-21(15-20)29-2/h3-5,7-10,15,19,23H,6,11-14,16-17H2,1-2H3,(H,25,28). The van der Waals surface area contributed by atoms with Gasteiger partial charge in [0.05, 0.1) is 13.2 Å². The van der Waals surface area contributed by atoms with Gasteiger partial charge < -0.3 is 19.9 Å². The molecule has 2 amide bonds. The number of carbonyl (C=O) groups is 1. The van der Waals surface area contributed by atoms with Gasteiger partial charge in [0.15, 0.2) is 0 Å². The van der Waals surface area contributed by atoms with Gasteiger partial charge in [-0.05, 0) is 55.4 Å². The second-order valence-corrected chi connectivity index (χ2v) is 8.20. The van der Waals surface area contributed by atoms with Crippen LogP contribution in [-0.2, 0) is 0 Å². The largest absolute Gasteiger partial charge is 0.497 e. The van der Waals surface area contributed by atoms with Crippen LogP contribution in [0, 0.1) is 12.8 Å². The fourth-order valence-electron chi connectivity index (χ4n) is 4.67. The van der Waals surface area contributed by atoms with Crippen LogP contribution >= 0.6 is 0 Å². The Labute approximate surface area is 173 Å². The molecule has 5 heteroatoms. The molecule has 2 fully saturated rings. The summed E-state index contributed by atoms with van der Waals surface area (Å²) in [6, 6.07) is 16.9. The number of likely N-dealkylation sites (tertiary alicyclic amines) is 1. The summed E-state index contributed by atoms with van der Waals surface area (Å²) < 4.78 is 5.34. The summed E-state index contributed by atoms with van der Waals surface area (Å²) in [6.45, 7) is 5.69. The van der Waals surface area contributed by atoms with Crippen LogP contribution < -0.4 is 15.0 Å². The number of methoxy groups -OCH3 is 1. The minimum absolute atomic E-state index is 0.0792. The van der Waals surface area contributed by atoms with Gasteiger partial charge in [0.1, 0.15) is 5.75 Å². The van der Waals surface area contributed by atoms with E-state index in [9.17, 15) is 4.79 Å². The number of hydrogen-bond donors (Lipinski definition) is 1. The summed E-state index contributed by atoms with van der Waals surface area (Å²) >= 11 is 0. The van der Waals surface area contributed by atoms with E-state index in [4.69, 9.17) is 4.74 Å². The van der Waals surface area contributed by atoms with Crippen LogP contribution in [0.5, 0.6) is 5.75 Å². The van der Waals surface area contributed by atoms with Crippen molar-refractivity contribution in [3.05, 3.63) is 59.7 Å². The number of hydrogen-bond acceptors (Lipinski definition) is 3. The van der Waals surface area contributed by atoms with E-state index in [2.05, 4.69) is 53.5 Å². The number of anilines is 1. The number of nitrogens with one attached hydrogen (secondary N) is 1. The molecule has 1 N–H and O–H groups in total. The Morgan fingerprint density at radius 3 is 2.83 bits per heavy atom. The van der Waals surface area contributed by atoms with Crippen molar-refractivity contribution in [1.82, 2.24) is 10.2 Å². The highest BCUT2D eigenvalue weighted by atomic mass is 16.5. The van der Waals surface area contributed by atoms with Crippen LogP contribution in [0.4, 0.5) is 10.5 Å². The van der Waals surface area contributed by atoms with E-state index in [0.29, 0.717) is 5.92 Å². The van der Waals surface area contributed by atoms with Gasteiger partial charge in [-0.15, -0.1) is 0 Å². The first kappa shape index (κ1) is 19.6. The third-order valence-corrected chi connectivity index (χ3v) is 6.31. The summed E-state index contributed by atoms with van der Waals surface area (Å²) in [5.41, 5.74) is 3.74. The summed E-state index contributed by atoms with van der Waals surface area (Å²) in [7, 11) is 1.70. The minimum atomic E-state index is 0.0792. The first-order valence-corrected chi connectivity index (χ1v) is 10.6. The molecule has 2 atom stereocenters. The molecular formula is C24H31N3O2. The lowest BCUT2D eigenvalue weighted by Crippen LogP contribution is -2.42. The average Bonchev–Trinajstić information content (AvgIpc) is 3.42. The highest BCUT2D eigenvalue weighted by molar-refractivity contribution is 5.75. The van der Waals surface area contributed by atoms with E-state index < -0.39 is 0 Å². The van der Waals surface area contributed by atoms with E-state index in [0.717, 1.165) is 51.2 Å². The maximum Gasteiger partial charge on any atom is 0.317 e. The normalized spacial score (nSPS) is 21.4. The van der Waals surface area contributed by atoms with Gasteiger partial charge in [0.25, 0.3) is 0 Å². The number of amides is 2. The molecule has 2 unspecified atom stereocenters. The molecule has 2 aromatic rings. The number of benzene rings is 2. The highest BCUT2D eigenvalue weighted by Gasteiger charge is 2.31. The first-order valence-electron chi connectivity index (χ1n) is 10.6. The molecule has 0 spiro atoms. The maximum absolute atomic E-state index is 12.9. The van der Waals surface area contributed by atoms with Gasteiger partial charge in [0, 0.05) is 37.9 Å². The maximum atomic E-state index is 12.9. The smallest absolute Gasteiger partial charge is 0.317 e. The number of aryl methyl sites for hydroxylation is 1. The molecule has 2 aliphatic rings. The SMILES string of the molecule is COc1cccc(N2CCC(CNC(=O)N3CCCC3c3ccccc3C)C2)c1. The Bertz CT molecular complexity index is 854. The first-order chi connectivity index (χ1) is 14.2. The zero-order chi connectivity index (χ0) is 20.2. The van der Waals surface area contributed by atoms with Crippen molar-refractivity contribution in [2.24, 2.45) is 5.92 Å². The Morgan fingerprint density at radius 2 is 2.00 bits per heavy atom. The molecule has 2 aliphatic heterocycles. The number of nitrogens with zero attached hydrogens (tertiary/aromatic N) is 2. The molecule has 0 saturated carbocycles. The molecule has 0 aliphatic carbocycles. The predicted molar refractivity (Wildman–Crippen MR) is 117 cm³/mol. The van der Waals surface area contributed by atoms with Gasteiger partial charge in [-0.3, -0.25) is 0 Å². The number of carbonyl (C=O) groups excluding carboxylic acids is 1. The summed E-state index contributed by atoms with van der Waals surface area (Å²) in [6.07, 6.45) is 3.21. The lowest BCUT2D eigenvalue weighted by atomic mass is 9.99. The van der Waals surface area contributed by atoms with Gasteiger partial charge in [-0.25, -0.2) is 4.79 Å². The van der Waals surface area contributed by atoms with E-state index in [-0.39, 0.29) is 12.1 Å². The second-order valence-electron chi connectivity index (χ2n) is 8.20. The zero-order valence-corrected chi connectivity index (χ0v) is 17.4. The minimum Gasteiger partial charge on any atom is -0.497 e. The summed E-state index contributed by atoms with van der Waals surface area (Å²) in [4.78, 5) is 17.3. The number of rotatable bonds is 5. The van der Waals surface area contributed by atoms with Crippen molar-refractivity contribution in [3.8, 4) is 5.75 Å².